The monoisotopic (exact) mass is 412 g/mol. The van der Waals surface area contributed by atoms with Gasteiger partial charge in [0.25, 0.3) is 0 Å². The number of nitrogens with zero attached hydrogens (tertiary/aromatic N) is 3. The van der Waals surface area contributed by atoms with Gasteiger partial charge in [0, 0.05) is 38.9 Å². The van der Waals surface area contributed by atoms with Gasteiger partial charge in [-0.05, 0) is 23.8 Å². The number of aromatic nitrogens is 1. The van der Waals surface area contributed by atoms with E-state index in [1.807, 2.05) is 9.80 Å². The molecule has 2 aromatic rings. The van der Waals surface area contributed by atoms with Crippen LogP contribution < -0.4 is 5.32 Å². The summed E-state index contributed by atoms with van der Waals surface area (Å²) in [4.78, 5) is 19.6. The van der Waals surface area contributed by atoms with Crippen LogP contribution >= 0.6 is 11.6 Å². The van der Waals surface area contributed by atoms with Crippen LogP contribution in [0.3, 0.4) is 0 Å². The maximum atomic E-state index is 13.1. The Balaban J connectivity index is 1.50. The molecule has 1 aromatic carbocycles. The van der Waals surface area contributed by atoms with E-state index in [-0.39, 0.29) is 24.6 Å². The van der Waals surface area contributed by atoms with Crippen LogP contribution in [0.5, 0.6) is 0 Å². The summed E-state index contributed by atoms with van der Waals surface area (Å²) in [6, 6.07) is 9.96. The Hall–Kier alpha value is -2.16. The summed E-state index contributed by atoms with van der Waals surface area (Å²) < 4.78 is 39.2. The molecule has 1 N–H and O–H groups in total. The van der Waals surface area contributed by atoms with Gasteiger partial charge in [-0.3, -0.25) is 19.6 Å². The highest BCUT2D eigenvalue weighted by molar-refractivity contribution is 6.33. The van der Waals surface area contributed by atoms with Crippen molar-refractivity contribution in [2.45, 2.75) is 12.7 Å². The van der Waals surface area contributed by atoms with Crippen molar-refractivity contribution in [3.8, 4) is 0 Å². The quantitative estimate of drug-likeness (QED) is 0.816. The highest BCUT2D eigenvalue weighted by Crippen LogP contribution is 2.30. The van der Waals surface area contributed by atoms with Crippen LogP contribution in [-0.2, 0) is 17.5 Å². The number of alkyl halides is 3. The fraction of sp³-hybridized carbons (Fsp3) is 0.368. The van der Waals surface area contributed by atoms with E-state index in [1.165, 1.54) is 12.1 Å². The molecule has 0 unspecified atom stereocenters. The third kappa shape index (κ3) is 5.43. The summed E-state index contributed by atoms with van der Waals surface area (Å²) in [7, 11) is 0. The summed E-state index contributed by atoms with van der Waals surface area (Å²) in [5.41, 5.74) is -0.111. The van der Waals surface area contributed by atoms with Crippen LogP contribution in [0.2, 0.25) is 5.02 Å². The molecule has 1 aliphatic heterocycles. The van der Waals surface area contributed by atoms with E-state index in [4.69, 9.17) is 11.6 Å². The van der Waals surface area contributed by atoms with Gasteiger partial charge in [0.2, 0.25) is 5.91 Å². The lowest BCUT2D eigenvalue weighted by Crippen LogP contribution is -2.48. The highest BCUT2D eigenvalue weighted by atomic mass is 35.5. The molecule has 1 fully saturated rings. The van der Waals surface area contributed by atoms with Crippen molar-refractivity contribution < 1.29 is 18.0 Å². The Morgan fingerprint density at radius 3 is 2.43 bits per heavy atom. The molecular formula is C19H20ClF3N4O. The first-order valence-corrected chi connectivity index (χ1v) is 9.21. The molecule has 2 heterocycles. The third-order valence-electron chi connectivity index (χ3n) is 4.53. The number of hydrogen-bond acceptors (Lipinski definition) is 4. The number of rotatable bonds is 5. The van der Waals surface area contributed by atoms with Crippen molar-refractivity contribution in [2.24, 2.45) is 0 Å². The molecule has 3 rings (SSSR count). The number of pyridine rings is 1. The van der Waals surface area contributed by atoms with Crippen molar-refractivity contribution in [3.63, 3.8) is 0 Å². The number of piperazine rings is 1. The standard InChI is InChI=1S/C19H20ClF3N4O/c20-15-5-1-2-6-16(15)25-17(28)13-27-10-8-26(9-11-27)12-14-4-3-7-24-18(14)19(21,22)23/h1-7H,8-13H2,(H,25,28). The fourth-order valence-electron chi connectivity index (χ4n) is 3.12. The summed E-state index contributed by atoms with van der Waals surface area (Å²) in [5, 5.41) is 3.24. The molecule has 150 valence electrons. The molecule has 5 nitrogen and oxygen atoms in total. The van der Waals surface area contributed by atoms with E-state index in [0.29, 0.717) is 36.9 Å². The van der Waals surface area contributed by atoms with Crippen LogP contribution in [-0.4, -0.2) is 53.4 Å². The molecule has 0 spiro atoms. The zero-order chi connectivity index (χ0) is 20.1. The molecule has 1 aliphatic rings. The van der Waals surface area contributed by atoms with Gasteiger partial charge >= 0.3 is 6.18 Å². The van der Waals surface area contributed by atoms with Gasteiger partial charge in [-0.2, -0.15) is 13.2 Å². The summed E-state index contributed by atoms with van der Waals surface area (Å²) in [6.45, 7) is 2.73. The maximum absolute atomic E-state index is 13.1. The second-order valence-electron chi connectivity index (χ2n) is 6.59. The van der Waals surface area contributed by atoms with Gasteiger partial charge in [-0.25, -0.2) is 0 Å². The summed E-state index contributed by atoms with van der Waals surface area (Å²) in [5.74, 6) is -0.173. The minimum absolute atomic E-state index is 0.167. The topological polar surface area (TPSA) is 48.5 Å². The largest absolute Gasteiger partial charge is 0.433 e. The number of carbonyl (C=O) groups is 1. The van der Waals surface area contributed by atoms with Gasteiger partial charge in [0.15, 0.2) is 0 Å². The van der Waals surface area contributed by atoms with Gasteiger partial charge < -0.3 is 5.32 Å². The summed E-state index contributed by atoms with van der Waals surface area (Å²) in [6.07, 6.45) is -3.31. The van der Waals surface area contributed by atoms with Crippen molar-refractivity contribution in [2.75, 3.05) is 38.0 Å². The molecule has 0 saturated carbocycles. The number of halogens is 4. The number of nitrogens with one attached hydrogen (secondary N) is 1. The van der Waals surface area contributed by atoms with E-state index in [2.05, 4.69) is 10.3 Å². The number of amides is 1. The molecule has 9 heteroatoms. The molecule has 1 amide bonds. The molecule has 28 heavy (non-hydrogen) atoms. The Kier molecular flexibility index (Phi) is 6.53. The van der Waals surface area contributed by atoms with Crippen molar-refractivity contribution >= 4 is 23.2 Å². The molecule has 0 aliphatic carbocycles. The minimum atomic E-state index is -4.46. The predicted octanol–water partition coefficient (Wildman–Crippen LogP) is 3.51. The summed E-state index contributed by atoms with van der Waals surface area (Å²) >= 11 is 6.03. The van der Waals surface area contributed by atoms with E-state index < -0.39 is 11.9 Å². The zero-order valence-corrected chi connectivity index (χ0v) is 15.8. The molecule has 1 saturated heterocycles. The number of benzene rings is 1. The third-order valence-corrected chi connectivity index (χ3v) is 4.86. The van der Waals surface area contributed by atoms with E-state index in [0.717, 1.165) is 6.20 Å². The van der Waals surface area contributed by atoms with Gasteiger partial charge in [0.05, 0.1) is 17.3 Å². The first-order chi connectivity index (χ1) is 13.3. The van der Waals surface area contributed by atoms with E-state index in [9.17, 15) is 18.0 Å². The highest BCUT2D eigenvalue weighted by Gasteiger charge is 2.35. The second-order valence-corrected chi connectivity index (χ2v) is 7.00. The van der Waals surface area contributed by atoms with Crippen molar-refractivity contribution in [3.05, 3.63) is 58.9 Å². The zero-order valence-electron chi connectivity index (χ0n) is 15.0. The van der Waals surface area contributed by atoms with Crippen LogP contribution in [0.25, 0.3) is 0 Å². The molecule has 0 bridgehead atoms. The van der Waals surface area contributed by atoms with Crippen LogP contribution in [0, 0.1) is 0 Å². The molecule has 1 aromatic heterocycles. The first kappa shape index (κ1) is 20.6. The van der Waals surface area contributed by atoms with Crippen LogP contribution in [0.1, 0.15) is 11.3 Å². The van der Waals surface area contributed by atoms with E-state index >= 15 is 0 Å². The number of para-hydroxylation sites is 1. The van der Waals surface area contributed by atoms with E-state index in [1.54, 1.807) is 24.3 Å². The smallest absolute Gasteiger partial charge is 0.324 e. The lowest BCUT2D eigenvalue weighted by molar-refractivity contribution is -0.142. The molecule has 0 radical (unpaired) electrons. The van der Waals surface area contributed by atoms with Gasteiger partial charge in [0.1, 0.15) is 5.69 Å². The normalized spacial score (nSPS) is 16.1. The SMILES string of the molecule is O=C(CN1CCN(Cc2cccnc2C(F)(F)F)CC1)Nc1ccccc1Cl. The number of carbonyl (C=O) groups excluding carboxylic acids is 1. The molecular weight excluding hydrogens is 393 g/mol. The fourth-order valence-corrected chi connectivity index (χ4v) is 3.31. The van der Waals surface area contributed by atoms with Crippen LogP contribution in [0.15, 0.2) is 42.6 Å². The molecule has 0 atom stereocenters. The Morgan fingerprint density at radius 1 is 1.07 bits per heavy atom. The number of anilines is 1. The Labute approximate surface area is 166 Å². The van der Waals surface area contributed by atoms with Gasteiger partial charge in [-0.15, -0.1) is 0 Å². The van der Waals surface area contributed by atoms with Crippen LogP contribution in [0.4, 0.5) is 18.9 Å². The average molecular weight is 413 g/mol. The lowest BCUT2D eigenvalue weighted by atomic mass is 10.1. The van der Waals surface area contributed by atoms with Crippen molar-refractivity contribution in [1.82, 2.24) is 14.8 Å². The first-order valence-electron chi connectivity index (χ1n) is 8.83. The Bertz CT molecular complexity index is 823. The predicted molar refractivity (Wildman–Crippen MR) is 101 cm³/mol. The second kappa shape index (κ2) is 8.89. The minimum Gasteiger partial charge on any atom is -0.324 e. The average Bonchev–Trinajstić information content (AvgIpc) is 2.65. The maximum Gasteiger partial charge on any atom is 0.433 e. The van der Waals surface area contributed by atoms with Crippen molar-refractivity contribution in [1.29, 1.82) is 0 Å². The Morgan fingerprint density at radius 2 is 1.75 bits per heavy atom. The lowest BCUT2D eigenvalue weighted by Gasteiger charge is -2.34. The van der Waals surface area contributed by atoms with Gasteiger partial charge in [-0.1, -0.05) is 29.8 Å². The number of hydrogen-bond donors (Lipinski definition) is 1.